The summed E-state index contributed by atoms with van der Waals surface area (Å²) in [4.78, 5) is 7.96. The molecule has 0 aliphatic rings. The number of fused-ring (bicyclic) bond motifs is 3. The van der Waals surface area contributed by atoms with Crippen LogP contribution in [0.2, 0.25) is 10.3 Å². The Labute approximate surface area is 94.6 Å². The van der Waals surface area contributed by atoms with Crippen molar-refractivity contribution < 1.29 is 4.42 Å². The lowest BCUT2D eigenvalue weighted by Crippen LogP contribution is -1.79. The molecule has 0 unspecified atom stereocenters. The number of halogens is 2. The molecule has 0 fully saturated rings. The molecule has 0 aliphatic carbocycles. The third kappa shape index (κ3) is 1.35. The number of aromatic nitrogens is 2. The second kappa shape index (κ2) is 3.08. The van der Waals surface area contributed by atoms with Gasteiger partial charge in [0, 0.05) is 10.4 Å². The molecule has 1 aromatic carbocycles. The smallest absolute Gasteiger partial charge is 0.223 e. The molecule has 0 radical (unpaired) electrons. The Morgan fingerprint density at radius 3 is 2.87 bits per heavy atom. The lowest BCUT2D eigenvalue weighted by atomic mass is 10.2. The summed E-state index contributed by atoms with van der Waals surface area (Å²) in [5.74, 6) is 0. The van der Waals surface area contributed by atoms with Gasteiger partial charge in [-0.3, -0.25) is 0 Å². The Morgan fingerprint density at radius 2 is 2.00 bits per heavy atom. The van der Waals surface area contributed by atoms with Crippen molar-refractivity contribution in [2.45, 2.75) is 0 Å². The highest BCUT2D eigenvalue weighted by Crippen LogP contribution is 2.29. The molecule has 5 heteroatoms. The van der Waals surface area contributed by atoms with Gasteiger partial charge in [-0.2, -0.15) is 0 Å². The molecular weight excluding hydrogens is 235 g/mol. The molecule has 0 aliphatic heterocycles. The summed E-state index contributed by atoms with van der Waals surface area (Å²) in [5, 5.41) is 1.69. The molecule has 74 valence electrons. The van der Waals surface area contributed by atoms with Gasteiger partial charge in [-0.05, 0) is 29.8 Å². The number of rotatable bonds is 0. The Bertz CT molecular complexity index is 607. The summed E-state index contributed by atoms with van der Waals surface area (Å²) in [5.41, 5.74) is 2.02. The Morgan fingerprint density at radius 1 is 1.13 bits per heavy atom. The second-order valence-electron chi connectivity index (χ2n) is 3.09. The van der Waals surface area contributed by atoms with E-state index in [1.54, 1.807) is 24.4 Å². The Hall–Kier alpha value is -1.32. The van der Waals surface area contributed by atoms with Crippen LogP contribution in [-0.4, -0.2) is 9.97 Å². The zero-order valence-electron chi connectivity index (χ0n) is 7.37. The van der Waals surface area contributed by atoms with E-state index in [-0.39, 0.29) is 5.28 Å². The van der Waals surface area contributed by atoms with Gasteiger partial charge >= 0.3 is 0 Å². The van der Waals surface area contributed by atoms with Crippen molar-refractivity contribution in [1.82, 2.24) is 9.97 Å². The lowest BCUT2D eigenvalue weighted by molar-refractivity contribution is 0.665. The molecule has 0 bridgehead atoms. The van der Waals surface area contributed by atoms with E-state index in [0.29, 0.717) is 16.1 Å². The average Bonchev–Trinajstić information content (AvgIpc) is 2.56. The second-order valence-corrected chi connectivity index (χ2v) is 3.87. The first-order valence-electron chi connectivity index (χ1n) is 4.24. The van der Waals surface area contributed by atoms with Gasteiger partial charge in [-0.25, -0.2) is 9.97 Å². The predicted octanol–water partition coefficient (Wildman–Crippen LogP) is 3.68. The highest BCUT2D eigenvalue weighted by Gasteiger charge is 2.09. The van der Waals surface area contributed by atoms with E-state index in [9.17, 15) is 0 Å². The maximum atomic E-state index is 5.90. The molecule has 0 spiro atoms. The highest BCUT2D eigenvalue weighted by molar-refractivity contribution is 6.31. The fraction of sp³-hybridized carbons (Fsp3) is 0. The summed E-state index contributed by atoms with van der Waals surface area (Å²) in [7, 11) is 0. The van der Waals surface area contributed by atoms with Gasteiger partial charge in [-0.1, -0.05) is 11.6 Å². The van der Waals surface area contributed by atoms with E-state index in [1.165, 1.54) is 0 Å². The summed E-state index contributed by atoms with van der Waals surface area (Å²) in [6, 6.07) is 5.36. The van der Waals surface area contributed by atoms with Gasteiger partial charge in [-0.15, -0.1) is 0 Å². The van der Waals surface area contributed by atoms with E-state index in [0.717, 1.165) is 11.0 Å². The monoisotopic (exact) mass is 238 g/mol. The van der Waals surface area contributed by atoms with Crippen LogP contribution in [-0.2, 0) is 0 Å². The minimum absolute atomic E-state index is 0.199. The fourth-order valence-corrected chi connectivity index (χ4v) is 1.82. The van der Waals surface area contributed by atoms with Gasteiger partial charge in [0.1, 0.15) is 11.1 Å². The third-order valence-electron chi connectivity index (χ3n) is 2.14. The highest BCUT2D eigenvalue weighted by atomic mass is 35.5. The molecule has 2 aromatic heterocycles. The molecule has 3 nitrogen and oxygen atoms in total. The Kier molecular flexibility index (Phi) is 1.84. The van der Waals surface area contributed by atoms with Gasteiger partial charge in [0.15, 0.2) is 5.58 Å². The van der Waals surface area contributed by atoms with Crippen LogP contribution in [0.25, 0.3) is 22.1 Å². The maximum absolute atomic E-state index is 5.90. The summed E-state index contributed by atoms with van der Waals surface area (Å²) in [6.07, 6.45) is 1.55. The van der Waals surface area contributed by atoms with Crippen molar-refractivity contribution in [3.63, 3.8) is 0 Å². The standard InChI is InChI=1S/C10H4Cl2N2O/c11-5-1-2-7-6(3-5)9-8(15-7)4-13-10(12)14-9/h1-4H. The van der Waals surface area contributed by atoms with Crippen molar-refractivity contribution in [3.05, 3.63) is 34.7 Å². The van der Waals surface area contributed by atoms with Crippen LogP contribution in [0.1, 0.15) is 0 Å². The zero-order valence-corrected chi connectivity index (χ0v) is 8.88. The minimum atomic E-state index is 0.199. The van der Waals surface area contributed by atoms with Crippen molar-refractivity contribution in [3.8, 4) is 0 Å². The topological polar surface area (TPSA) is 38.9 Å². The van der Waals surface area contributed by atoms with E-state index in [1.807, 2.05) is 0 Å². The van der Waals surface area contributed by atoms with Crippen LogP contribution >= 0.6 is 23.2 Å². The van der Waals surface area contributed by atoms with Crippen LogP contribution in [0.5, 0.6) is 0 Å². The summed E-state index contributed by atoms with van der Waals surface area (Å²) in [6.45, 7) is 0. The van der Waals surface area contributed by atoms with Gasteiger partial charge in [0.2, 0.25) is 5.28 Å². The quantitative estimate of drug-likeness (QED) is 0.561. The van der Waals surface area contributed by atoms with Crippen molar-refractivity contribution in [2.75, 3.05) is 0 Å². The van der Waals surface area contributed by atoms with Crippen LogP contribution in [0.3, 0.4) is 0 Å². The number of furan rings is 1. The number of hydrogen-bond donors (Lipinski definition) is 0. The number of hydrogen-bond acceptors (Lipinski definition) is 3. The maximum Gasteiger partial charge on any atom is 0.223 e. The molecular formula is C10H4Cl2N2O. The normalized spacial score (nSPS) is 11.3. The molecule has 0 saturated carbocycles. The van der Waals surface area contributed by atoms with E-state index in [4.69, 9.17) is 27.6 Å². The van der Waals surface area contributed by atoms with Gasteiger partial charge < -0.3 is 4.42 Å². The molecule has 0 saturated heterocycles. The summed E-state index contributed by atoms with van der Waals surface area (Å²) < 4.78 is 5.52. The molecule has 15 heavy (non-hydrogen) atoms. The third-order valence-corrected chi connectivity index (χ3v) is 2.56. The largest absolute Gasteiger partial charge is 0.453 e. The number of nitrogens with zero attached hydrogens (tertiary/aromatic N) is 2. The SMILES string of the molecule is Clc1ccc2oc3cnc(Cl)nc3c2c1. The fourth-order valence-electron chi connectivity index (χ4n) is 1.51. The van der Waals surface area contributed by atoms with Gasteiger partial charge in [0.05, 0.1) is 6.20 Å². The molecule has 2 heterocycles. The van der Waals surface area contributed by atoms with Crippen molar-refractivity contribution in [1.29, 1.82) is 0 Å². The van der Waals surface area contributed by atoms with Crippen LogP contribution in [0, 0.1) is 0 Å². The molecule has 3 rings (SSSR count). The molecule has 0 amide bonds. The van der Waals surface area contributed by atoms with Crippen molar-refractivity contribution >= 4 is 45.3 Å². The Balaban J connectivity index is 2.55. The zero-order chi connectivity index (χ0) is 10.4. The number of benzene rings is 1. The van der Waals surface area contributed by atoms with Crippen molar-refractivity contribution in [2.24, 2.45) is 0 Å². The molecule has 3 aromatic rings. The molecule has 0 atom stereocenters. The first-order valence-corrected chi connectivity index (χ1v) is 5.00. The minimum Gasteiger partial charge on any atom is -0.453 e. The van der Waals surface area contributed by atoms with Crippen LogP contribution < -0.4 is 0 Å². The van der Waals surface area contributed by atoms with E-state index in [2.05, 4.69) is 9.97 Å². The summed E-state index contributed by atoms with van der Waals surface area (Å²) >= 11 is 11.6. The predicted molar refractivity (Wildman–Crippen MR) is 59.3 cm³/mol. The first kappa shape index (κ1) is 8.95. The molecule has 0 N–H and O–H groups in total. The first-order chi connectivity index (χ1) is 7.24. The lowest BCUT2D eigenvalue weighted by Gasteiger charge is -1.89. The average molecular weight is 239 g/mol. The van der Waals surface area contributed by atoms with Crippen LogP contribution in [0.4, 0.5) is 0 Å². The van der Waals surface area contributed by atoms with E-state index < -0.39 is 0 Å². The van der Waals surface area contributed by atoms with E-state index >= 15 is 0 Å². The van der Waals surface area contributed by atoms with Gasteiger partial charge in [0.25, 0.3) is 0 Å². The van der Waals surface area contributed by atoms with Crippen LogP contribution in [0.15, 0.2) is 28.8 Å².